The summed E-state index contributed by atoms with van der Waals surface area (Å²) in [4.78, 5) is 7.79. The number of halogens is 1. The molecule has 1 atom stereocenters. The van der Waals surface area contributed by atoms with E-state index in [1.54, 1.807) is 0 Å². The summed E-state index contributed by atoms with van der Waals surface area (Å²) in [6, 6.07) is 0.184. The Morgan fingerprint density at radius 3 is 2.89 bits per heavy atom. The summed E-state index contributed by atoms with van der Waals surface area (Å²) in [7, 11) is 0. The predicted molar refractivity (Wildman–Crippen MR) is 71.7 cm³/mol. The van der Waals surface area contributed by atoms with Gasteiger partial charge in [0.1, 0.15) is 6.73 Å². The van der Waals surface area contributed by atoms with Gasteiger partial charge in [0.15, 0.2) is 11.6 Å². The Morgan fingerprint density at radius 2 is 2.21 bits per heavy atom. The van der Waals surface area contributed by atoms with Gasteiger partial charge in [0.25, 0.3) is 0 Å². The van der Waals surface area contributed by atoms with Crippen molar-refractivity contribution in [3.63, 3.8) is 0 Å². The summed E-state index contributed by atoms with van der Waals surface area (Å²) in [5.74, 6) is 0.00809. The molecule has 108 valence electrons. The Balaban J connectivity index is 2.52. The van der Waals surface area contributed by atoms with Crippen molar-refractivity contribution in [2.24, 2.45) is 5.92 Å². The molecular formula is C13H22FN3O2. The van der Waals surface area contributed by atoms with Gasteiger partial charge in [-0.3, -0.25) is 0 Å². The molecule has 0 aliphatic carbocycles. The highest BCUT2D eigenvalue weighted by atomic mass is 19.1. The van der Waals surface area contributed by atoms with Gasteiger partial charge in [-0.25, -0.2) is 9.37 Å². The van der Waals surface area contributed by atoms with Crippen LogP contribution in [-0.4, -0.2) is 29.9 Å². The predicted octanol–water partition coefficient (Wildman–Crippen LogP) is 2.84. The minimum Gasteiger partial charge on any atom is -0.463 e. The maximum atomic E-state index is 13.4. The highest BCUT2D eigenvalue weighted by Crippen LogP contribution is 2.14. The number of hydrogen-bond donors (Lipinski definition) is 1. The average molecular weight is 271 g/mol. The Labute approximate surface area is 113 Å². The Kier molecular flexibility index (Phi) is 7.10. The zero-order chi connectivity index (χ0) is 14.1. The quantitative estimate of drug-likeness (QED) is 0.553. The molecule has 19 heavy (non-hydrogen) atoms. The topological polar surface area (TPSA) is 56.3 Å². The van der Waals surface area contributed by atoms with Gasteiger partial charge in [-0.15, -0.1) is 0 Å². The van der Waals surface area contributed by atoms with Crippen LogP contribution in [0.1, 0.15) is 33.6 Å². The van der Waals surface area contributed by atoms with E-state index < -0.39 is 5.82 Å². The van der Waals surface area contributed by atoms with Crippen molar-refractivity contribution in [3.05, 3.63) is 12.0 Å². The van der Waals surface area contributed by atoms with E-state index in [1.165, 1.54) is 0 Å². The normalized spacial score (nSPS) is 12.2. The molecule has 0 fully saturated rings. The molecule has 0 radical (unpaired) electrons. The van der Waals surface area contributed by atoms with Gasteiger partial charge in [0.2, 0.25) is 0 Å². The molecule has 0 bridgehead atoms. The molecule has 1 unspecified atom stereocenters. The molecular weight excluding hydrogens is 249 g/mol. The second kappa shape index (κ2) is 8.63. The highest BCUT2D eigenvalue weighted by Gasteiger charge is 2.09. The van der Waals surface area contributed by atoms with Crippen molar-refractivity contribution < 1.29 is 13.9 Å². The van der Waals surface area contributed by atoms with Crippen LogP contribution in [0.2, 0.25) is 0 Å². The highest BCUT2D eigenvalue weighted by molar-refractivity contribution is 5.35. The first kappa shape index (κ1) is 15.6. The lowest BCUT2D eigenvalue weighted by Gasteiger charge is -2.12. The number of aromatic nitrogens is 2. The Bertz CT molecular complexity index is 377. The maximum Gasteiger partial charge on any atom is 0.318 e. The lowest BCUT2D eigenvalue weighted by atomic mass is 10.1. The first-order valence-electron chi connectivity index (χ1n) is 6.64. The molecule has 0 saturated carbocycles. The standard InChI is InChI=1S/C13H22FN3O2/c1-4-6-10(3)8-19-13-15-7-11(14)12(17-13)16-9-18-5-2/h7,10H,4-6,8-9H2,1-3H3,(H,15,16,17). The molecule has 5 nitrogen and oxygen atoms in total. The molecule has 1 N–H and O–H groups in total. The molecule has 0 aliphatic rings. The zero-order valence-corrected chi connectivity index (χ0v) is 11.8. The van der Waals surface area contributed by atoms with Gasteiger partial charge < -0.3 is 14.8 Å². The number of nitrogens with zero attached hydrogens (tertiary/aromatic N) is 2. The lowest BCUT2D eigenvalue weighted by Crippen LogP contribution is -2.13. The van der Waals surface area contributed by atoms with Crippen LogP contribution in [0, 0.1) is 11.7 Å². The van der Waals surface area contributed by atoms with E-state index in [0.717, 1.165) is 19.0 Å². The molecule has 6 heteroatoms. The zero-order valence-electron chi connectivity index (χ0n) is 11.8. The molecule has 0 spiro atoms. The van der Waals surface area contributed by atoms with Crippen LogP contribution in [0.5, 0.6) is 6.01 Å². The van der Waals surface area contributed by atoms with Gasteiger partial charge in [-0.2, -0.15) is 4.98 Å². The average Bonchev–Trinajstić information content (AvgIpc) is 2.40. The summed E-state index contributed by atoms with van der Waals surface area (Å²) in [6.45, 7) is 7.38. The molecule has 1 rings (SSSR count). The van der Waals surface area contributed by atoms with Crippen molar-refractivity contribution in [2.75, 3.05) is 25.3 Å². The van der Waals surface area contributed by atoms with E-state index >= 15 is 0 Å². The smallest absolute Gasteiger partial charge is 0.318 e. The first-order chi connectivity index (χ1) is 9.17. The molecule has 0 aliphatic heterocycles. The van der Waals surface area contributed by atoms with E-state index in [1.807, 2.05) is 6.92 Å². The number of nitrogens with one attached hydrogen (secondary N) is 1. The molecule has 0 amide bonds. The summed E-state index contributed by atoms with van der Waals surface area (Å²) in [6.07, 6.45) is 3.29. The minimum atomic E-state index is -0.520. The van der Waals surface area contributed by atoms with Gasteiger partial charge in [0, 0.05) is 6.61 Å². The van der Waals surface area contributed by atoms with E-state index in [-0.39, 0.29) is 18.6 Å². The van der Waals surface area contributed by atoms with Crippen LogP contribution in [0.15, 0.2) is 6.20 Å². The van der Waals surface area contributed by atoms with Crippen LogP contribution in [0.3, 0.4) is 0 Å². The van der Waals surface area contributed by atoms with Crippen molar-refractivity contribution in [2.45, 2.75) is 33.6 Å². The summed E-state index contributed by atoms with van der Waals surface area (Å²) in [5, 5.41) is 2.74. The van der Waals surface area contributed by atoms with E-state index in [4.69, 9.17) is 9.47 Å². The van der Waals surface area contributed by atoms with Crippen molar-refractivity contribution in [3.8, 4) is 6.01 Å². The monoisotopic (exact) mass is 271 g/mol. The van der Waals surface area contributed by atoms with Crippen LogP contribution in [0.25, 0.3) is 0 Å². The van der Waals surface area contributed by atoms with Crippen molar-refractivity contribution in [1.29, 1.82) is 0 Å². The molecule has 1 aromatic rings. The largest absolute Gasteiger partial charge is 0.463 e. The number of anilines is 1. The number of rotatable bonds is 9. The number of ether oxygens (including phenoxy) is 2. The summed E-state index contributed by atoms with van der Waals surface area (Å²) >= 11 is 0. The van der Waals surface area contributed by atoms with Gasteiger partial charge in [0.05, 0.1) is 12.8 Å². The van der Waals surface area contributed by atoms with Gasteiger partial charge in [-0.1, -0.05) is 20.3 Å². The van der Waals surface area contributed by atoms with Crippen molar-refractivity contribution in [1.82, 2.24) is 9.97 Å². The van der Waals surface area contributed by atoms with E-state index in [9.17, 15) is 4.39 Å². The fourth-order valence-electron chi connectivity index (χ4n) is 1.56. The molecule has 1 aromatic heterocycles. The van der Waals surface area contributed by atoms with Crippen LogP contribution < -0.4 is 10.1 Å². The molecule has 0 aromatic carbocycles. The van der Waals surface area contributed by atoms with Gasteiger partial charge in [-0.05, 0) is 19.3 Å². The van der Waals surface area contributed by atoms with Crippen LogP contribution in [-0.2, 0) is 4.74 Å². The first-order valence-corrected chi connectivity index (χ1v) is 6.64. The minimum absolute atomic E-state index is 0.0987. The van der Waals surface area contributed by atoms with E-state index in [0.29, 0.717) is 19.1 Å². The molecule has 0 saturated heterocycles. The maximum absolute atomic E-state index is 13.4. The van der Waals surface area contributed by atoms with E-state index in [2.05, 4.69) is 29.1 Å². The van der Waals surface area contributed by atoms with Crippen molar-refractivity contribution >= 4 is 5.82 Å². The third-order valence-corrected chi connectivity index (χ3v) is 2.55. The third kappa shape index (κ3) is 5.83. The number of hydrogen-bond acceptors (Lipinski definition) is 5. The fraction of sp³-hybridized carbons (Fsp3) is 0.692. The fourth-order valence-corrected chi connectivity index (χ4v) is 1.56. The molecule has 1 heterocycles. The summed E-state index contributed by atoms with van der Waals surface area (Å²) < 4.78 is 24.0. The Hall–Kier alpha value is -1.43. The SMILES string of the molecule is CCCC(C)COc1ncc(F)c(NCOCC)n1. The van der Waals surface area contributed by atoms with Gasteiger partial charge >= 0.3 is 6.01 Å². The summed E-state index contributed by atoms with van der Waals surface area (Å²) in [5.41, 5.74) is 0. The second-order valence-corrected chi connectivity index (χ2v) is 4.37. The van der Waals surface area contributed by atoms with Crippen LogP contribution >= 0.6 is 0 Å². The lowest BCUT2D eigenvalue weighted by molar-refractivity contribution is 0.166. The van der Waals surface area contributed by atoms with Crippen LogP contribution in [0.4, 0.5) is 10.2 Å². The Morgan fingerprint density at radius 1 is 1.42 bits per heavy atom. The third-order valence-electron chi connectivity index (χ3n) is 2.55. The second-order valence-electron chi connectivity index (χ2n) is 4.37.